The van der Waals surface area contributed by atoms with Crippen LogP contribution in [0.3, 0.4) is 0 Å². The average molecular weight is 343 g/mol. The molecule has 1 aromatic carbocycles. The fourth-order valence-corrected chi connectivity index (χ4v) is 1.88. The van der Waals surface area contributed by atoms with Crippen molar-refractivity contribution in [3.8, 4) is 0 Å². The fourth-order valence-electron chi connectivity index (χ4n) is 1.88. The molecule has 11 heteroatoms. The van der Waals surface area contributed by atoms with Crippen LogP contribution in [-0.2, 0) is 6.18 Å². The van der Waals surface area contributed by atoms with Crippen LogP contribution < -0.4 is 10.8 Å². The maximum Gasteiger partial charge on any atom is 0.488 e. The molecule has 0 fully saturated rings. The highest BCUT2D eigenvalue weighted by molar-refractivity contribution is 6.59. The third-order valence-corrected chi connectivity index (χ3v) is 3.10. The van der Waals surface area contributed by atoms with Crippen LogP contribution in [0.4, 0.5) is 23.2 Å². The smallest absolute Gasteiger partial charge is 0.423 e. The normalized spacial score (nSPS) is 11.3. The van der Waals surface area contributed by atoms with E-state index in [1.807, 2.05) is 5.32 Å². The molecule has 1 amide bonds. The van der Waals surface area contributed by atoms with Gasteiger partial charge in [0, 0.05) is 0 Å². The minimum Gasteiger partial charge on any atom is -0.423 e. The summed E-state index contributed by atoms with van der Waals surface area (Å²) in [5.41, 5.74) is -2.14. The topological polar surface area (TPSA) is 95.3 Å². The summed E-state index contributed by atoms with van der Waals surface area (Å²) in [5, 5.41) is 26.7. The third kappa shape index (κ3) is 3.86. The molecule has 1 aromatic heterocycles. The number of aromatic nitrogens is 2. The number of carbonyl (C=O) groups excluding carboxylic acids is 1. The molecule has 3 N–H and O–H groups in total. The summed E-state index contributed by atoms with van der Waals surface area (Å²) < 4.78 is 51.6. The molecule has 0 aliphatic carbocycles. The largest absolute Gasteiger partial charge is 0.488 e. The summed E-state index contributed by atoms with van der Waals surface area (Å²) in [6.45, 7) is 1.42. The molecule has 0 unspecified atom stereocenters. The fraction of sp³-hybridized carbons (Fsp3) is 0.154. The molecule has 0 saturated carbocycles. The van der Waals surface area contributed by atoms with Gasteiger partial charge in [-0.05, 0) is 36.1 Å². The number of nitrogens with zero attached hydrogens (tertiary/aromatic N) is 2. The van der Waals surface area contributed by atoms with Crippen LogP contribution in [0.2, 0.25) is 0 Å². The second-order valence-corrected chi connectivity index (χ2v) is 4.84. The van der Waals surface area contributed by atoms with Gasteiger partial charge in [0.2, 0.25) is 0 Å². The Kier molecular flexibility index (Phi) is 4.85. The van der Waals surface area contributed by atoms with E-state index in [0.29, 0.717) is 12.3 Å². The predicted molar refractivity (Wildman–Crippen MR) is 75.9 cm³/mol. The zero-order valence-corrected chi connectivity index (χ0v) is 12.1. The number of hydrogen-bond acceptors (Lipinski definition) is 5. The molecule has 2 aromatic rings. The number of rotatable bonds is 3. The van der Waals surface area contributed by atoms with E-state index in [0.717, 1.165) is 12.1 Å². The Bertz CT molecular complexity index is 784. The summed E-state index contributed by atoms with van der Waals surface area (Å²) in [7, 11) is -1.91. The molecule has 0 saturated heterocycles. The van der Waals surface area contributed by atoms with E-state index < -0.39 is 42.0 Å². The Morgan fingerprint density at radius 2 is 1.92 bits per heavy atom. The number of benzene rings is 1. The molecule has 0 aliphatic heterocycles. The van der Waals surface area contributed by atoms with Gasteiger partial charge < -0.3 is 15.4 Å². The summed E-state index contributed by atoms with van der Waals surface area (Å²) >= 11 is 0. The zero-order chi connectivity index (χ0) is 18.1. The lowest BCUT2D eigenvalue weighted by molar-refractivity contribution is -0.137. The Hall–Kier alpha value is -2.53. The summed E-state index contributed by atoms with van der Waals surface area (Å²) in [6.07, 6.45) is -4.27. The lowest BCUT2D eigenvalue weighted by atomic mass is 9.77. The van der Waals surface area contributed by atoms with Gasteiger partial charge in [0.25, 0.3) is 5.91 Å². The van der Waals surface area contributed by atoms with Gasteiger partial charge in [-0.1, -0.05) is 0 Å². The van der Waals surface area contributed by atoms with Crippen molar-refractivity contribution in [1.29, 1.82) is 0 Å². The van der Waals surface area contributed by atoms with Crippen LogP contribution in [0.15, 0.2) is 24.4 Å². The third-order valence-electron chi connectivity index (χ3n) is 3.10. The molecule has 0 aliphatic rings. The Labute approximate surface area is 133 Å². The van der Waals surface area contributed by atoms with E-state index in [2.05, 4.69) is 10.2 Å². The molecule has 0 atom stereocenters. The highest BCUT2D eigenvalue weighted by atomic mass is 19.4. The van der Waals surface area contributed by atoms with E-state index >= 15 is 0 Å². The SMILES string of the molecule is Cc1cc(F)c(NC(=O)c2cc(C(F)(F)F)cnn2)cc1B(O)O. The number of nitrogens with one attached hydrogen (secondary N) is 1. The maximum atomic E-state index is 13.8. The van der Waals surface area contributed by atoms with E-state index in [4.69, 9.17) is 0 Å². The van der Waals surface area contributed by atoms with Crippen LogP contribution in [0.5, 0.6) is 0 Å². The van der Waals surface area contributed by atoms with Gasteiger partial charge >= 0.3 is 13.3 Å². The van der Waals surface area contributed by atoms with Crippen LogP contribution >= 0.6 is 0 Å². The molecule has 24 heavy (non-hydrogen) atoms. The number of aryl methyl sites for hydroxylation is 1. The van der Waals surface area contributed by atoms with Crippen molar-refractivity contribution in [1.82, 2.24) is 10.2 Å². The lowest BCUT2D eigenvalue weighted by Crippen LogP contribution is -2.33. The van der Waals surface area contributed by atoms with Crippen molar-refractivity contribution in [2.45, 2.75) is 13.1 Å². The minimum absolute atomic E-state index is 0.0678. The molecule has 0 bridgehead atoms. The second-order valence-electron chi connectivity index (χ2n) is 4.84. The Morgan fingerprint density at radius 1 is 1.25 bits per heavy atom. The number of anilines is 1. The van der Waals surface area contributed by atoms with E-state index in [1.165, 1.54) is 6.92 Å². The summed E-state index contributed by atoms with van der Waals surface area (Å²) in [5.74, 6) is -2.03. The van der Waals surface area contributed by atoms with Crippen molar-refractivity contribution in [2.75, 3.05) is 5.32 Å². The first-order valence-corrected chi connectivity index (χ1v) is 6.47. The number of alkyl halides is 3. The number of halogens is 4. The first-order chi connectivity index (χ1) is 11.1. The van der Waals surface area contributed by atoms with Gasteiger partial charge in [-0.3, -0.25) is 4.79 Å². The van der Waals surface area contributed by atoms with Crippen molar-refractivity contribution in [3.05, 3.63) is 47.0 Å². The first kappa shape index (κ1) is 17.8. The van der Waals surface area contributed by atoms with Gasteiger partial charge in [0.1, 0.15) is 5.82 Å². The van der Waals surface area contributed by atoms with E-state index in [-0.39, 0.29) is 11.0 Å². The van der Waals surface area contributed by atoms with Gasteiger partial charge in [-0.25, -0.2) is 4.39 Å². The van der Waals surface area contributed by atoms with Crippen LogP contribution in [-0.4, -0.2) is 33.3 Å². The Balaban J connectivity index is 2.32. The molecule has 2 rings (SSSR count). The lowest BCUT2D eigenvalue weighted by Gasteiger charge is -2.11. The molecule has 6 nitrogen and oxygen atoms in total. The predicted octanol–water partition coefficient (Wildman–Crippen LogP) is 0.875. The van der Waals surface area contributed by atoms with Gasteiger partial charge in [-0.2, -0.15) is 18.3 Å². The van der Waals surface area contributed by atoms with Gasteiger partial charge in [0.15, 0.2) is 5.69 Å². The monoisotopic (exact) mass is 343 g/mol. The minimum atomic E-state index is -4.71. The molecule has 0 radical (unpaired) electrons. The van der Waals surface area contributed by atoms with Gasteiger partial charge in [0.05, 0.1) is 17.4 Å². The molecular formula is C13H10BF4N3O3. The summed E-state index contributed by atoms with van der Waals surface area (Å²) in [4.78, 5) is 11.9. The number of hydrogen-bond donors (Lipinski definition) is 3. The number of amides is 1. The van der Waals surface area contributed by atoms with Gasteiger partial charge in [-0.15, -0.1) is 5.10 Å². The number of carbonyl (C=O) groups is 1. The highest BCUT2D eigenvalue weighted by Gasteiger charge is 2.32. The van der Waals surface area contributed by atoms with Crippen molar-refractivity contribution in [2.24, 2.45) is 0 Å². The molecule has 126 valence electrons. The molecule has 0 spiro atoms. The Morgan fingerprint density at radius 3 is 2.50 bits per heavy atom. The van der Waals surface area contributed by atoms with Crippen LogP contribution in [0, 0.1) is 12.7 Å². The average Bonchev–Trinajstić information content (AvgIpc) is 2.48. The van der Waals surface area contributed by atoms with Crippen molar-refractivity contribution >= 4 is 24.2 Å². The van der Waals surface area contributed by atoms with E-state index in [9.17, 15) is 32.4 Å². The second kappa shape index (κ2) is 6.53. The zero-order valence-electron chi connectivity index (χ0n) is 12.1. The quantitative estimate of drug-likeness (QED) is 0.568. The maximum absolute atomic E-state index is 13.8. The molecule has 1 heterocycles. The van der Waals surface area contributed by atoms with E-state index in [1.54, 1.807) is 0 Å². The standard InChI is InChI=1S/C13H10BF4N3O3/c1-6-2-9(15)10(4-8(6)14(23)24)20-12(22)11-3-7(5-19-21-11)13(16,17)18/h2-5,23-24H,1H3,(H,20,22). The van der Waals surface area contributed by atoms with Crippen LogP contribution in [0.25, 0.3) is 0 Å². The molecular weight excluding hydrogens is 333 g/mol. The highest BCUT2D eigenvalue weighted by Crippen LogP contribution is 2.28. The first-order valence-electron chi connectivity index (χ1n) is 6.47. The summed E-state index contributed by atoms with van der Waals surface area (Å²) in [6, 6.07) is 2.38. The van der Waals surface area contributed by atoms with Crippen molar-refractivity contribution < 1.29 is 32.4 Å². The van der Waals surface area contributed by atoms with Crippen molar-refractivity contribution in [3.63, 3.8) is 0 Å². The van der Waals surface area contributed by atoms with Crippen LogP contribution in [0.1, 0.15) is 21.6 Å².